The van der Waals surface area contributed by atoms with Gasteiger partial charge < -0.3 is 5.11 Å². The third kappa shape index (κ3) is 3.49. The van der Waals surface area contributed by atoms with E-state index in [1.165, 1.54) is 18.2 Å². The Balaban J connectivity index is 2.00. The van der Waals surface area contributed by atoms with Crippen molar-refractivity contribution in [3.63, 3.8) is 0 Å². The lowest BCUT2D eigenvalue weighted by Gasteiger charge is -2.34. The van der Waals surface area contributed by atoms with Crippen LogP contribution in [0, 0.1) is 5.41 Å². The van der Waals surface area contributed by atoms with Crippen LogP contribution in [0.5, 0.6) is 0 Å². The molecule has 0 amide bonds. The fourth-order valence-electron chi connectivity index (χ4n) is 2.57. The molecule has 128 valence electrons. The Morgan fingerprint density at radius 1 is 1.29 bits per heavy atom. The first kappa shape index (κ1) is 17.8. The predicted octanol–water partition coefficient (Wildman–Crippen LogP) is 3.62. The molecule has 3 rings (SSSR count). The third-order valence-electron chi connectivity index (χ3n) is 3.59. The fraction of sp³-hybridized carbons (Fsp3) is 0.333. The molecule has 1 aromatic rings. The topological polar surface area (TPSA) is 81.9 Å². The summed E-state index contributed by atoms with van der Waals surface area (Å²) in [5, 5.41) is 12.5. The molecule has 2 aliphatic rings. The van der Waals surface area contributed by atoms with E-state index in [2.05, 4.69) is 9.39 Å². The molecule has 5 nitrogen and oxygen atoms in total. The number of aliphatic imine (C=N–C) groups is 1. The van der Waals surface area contributed by atoms with Crippen LogP contribution in [0.25, 0.3) is 0 Å². The van der Waals surface area contributed by atoms with E-state index in [1.807, 2.05) is 13.8 Å². The molecule has 0 bridgehead atoms. The van der Waals surface area contributed by atoms with Crippen LogP contribution >= 0.6 is 35.0 Å². The van der Waals surface area contributed by atoms with Gasteiger partial charge in [0.1, 0.15) is 4.90 Å². The number of allylic oxidation sites excluding steroid dienone is 2. The van der Waals surface area contributed by atoms with Crippen molar-refractivity contribution in [2.45, 2.75) is 31.6 Å². The molecule has 1 aliphatic heterocycles. The molecular weight excluding hydrogens is 391 g/mol. The molecule has 0 fully saturated rings. The zero-order valence-electron chi connectivity index (χ0n) is 12.8. The maximum Gasteiger partial charge on any atom is 0.286 e. The normalized spacial score (nSPS) is 21.8. The molecule has 0 N–H and O–H groups in total. The Hall–Kier alpha value is -1.02. The highest BCUT2D eigenvalue weighted by molar-refractivity contribution is 8.19. The van der Waals surface area contributed by atoms with Gasteiger partial charge in [0.25, 0.3) is 10.0 Å². The van der Waals surface area contributed by atoms with E-state index in [9.17, 15) is 13.5 Å². The summed E-state index contributed by atoms with van der Waals surface area (Å²) in [7, 11) is -4.07. The molecular formula is C15H13Cl2N2O3S2-. The van der Waals surface area contributed by atoms with Crippen LogP contribution in [0.4, 0.5) is 0 Å². The zero-order chi connectivity index (χ0) is 17.7. The first-order valence-electron chi connectivity index (χ1n) is 7.03. The van der Waals surface area contributed by atoms with Crippen molar-refractivity contribution in [3.8, 4) is 0 Å². The lowest BCUT2D eigenvalue weighted by atomic mass is 9.79. The van der Waals surface area contributed by atoms with Crippen molar-refractivity contribution in [1.82, 2.24) is 0 Å². The van der Waals surface area contributed by atoms with Crippen LogP contribution in [0.3, 0.4) is 0 Å². The molecule has 1 aliphatic carbocycles. The third-order valence-corrected chi connectivity index (χ3v) is 6.73. The molecule has 0 saturated heterocycles. The first-order chi connectivity index (χ1) is 11.1. The smallest absolute Gasteiger partial charge is 0.286 e. The van der Waals surface area contributed by atoms with Crippen molar-refractivity contribution in [3.05, 3.63) is 38.9 Å². The van der Waals surface area contributed by atoms with Gasteiger partial charge >= 0.3 is 0 Å². The van der Waals surface area contributed by atoms with Gasteiger partial charge in [-0.25, -0.2) is 4.99 Å². The molecule has 0 atom stereocenters. The minimum absolute atomic E-state index is 0.0293. The van der Waals surface area contributed by atoms with Gasteiger partial charge in [0.2, 0.25) is 5.17 Å². The number of hydrogen-bond acceptors (Lipinski definition) is 4. The Morgan fingerprint density at radius 2 is 2.00 bits per heavy atom. The maximum absolute atomic E-state index is 12.5. The number of thioether (sulfide) groups is 1. The molecule has 0 radical (unpaired) electrons. The lowest BCUT2D eigenvalue weighted by Crippen LogP contribution is -2.28. The van der Waals surface area contributed by atoms with Gasteiger partial charge in [-0.1, -0.05) is 37.0 Å². The van der Waals surface area contributed by atoms with E-state index in [4.69, 9.17) is 23.2 Å². The van der Waals surface area contributed by atoms with E-state index >= 15 is 0 Å². The second-order valence-corrected chi connectivity index (χ2v) is 9.75. The van der Waals surface area contributed by atoms with Gasteiger partial charge in [0, 0.05) is 9.93 Å². The van der Waals surface area contributed by atoms with Crippen LogP contribution in [0.15, 0.2) is 43.1 Å². The van der Waals surface area contributed by atoms with Crippen LogP contribution in [-0.2, 0) is 10.0 Å². The summed E-state index contributed by atoms with van der Waals surface area (Å²) in [6.45, 7) is 3.96. The van der Waals surface area contributed by atoms with E-state index in [0.717, 1.165) is 11.8 Å². The molecule has 9 heteroatoms. The van der Waals surface area contributed by atoms with Crippen LogP contribution in [-0.4, -0.2) is 19.3 Å². The highest BCUT2D eigenvalue weighted by atomic mass is 35.5. The van der Waals surface area contributed by atoms with Crippen LogP contribution in [0.1, 0.15) is 26.7 Å². The number of hydrogen-bond donors (Lipinski definition) is 0. The molecule has 0 spiro atoms. The van der Waals surface area contributed by atoms with Crippen LogP contribution < -0.4 is 5.11 Å². The Kier molecular flexibility index (Phi) is 4.49. The fourth-order valence-corrected chi connectivity index (χ4v) is 5.36. The van der Waals surface area contributed by atoms with E-state index in [0.29, 0.717) is 23.5 Å². The van der Waals surface area contributed by atoms with E-state index < -0.39 is 10.0 Å². The number of sulfonamides is 1. The predicted molar refractivity (Wildman–Crippen MR) is 96.1 cm³/mol. The number of benzene rings is 1. The Morgan fingerprint density at radius 3 is 2.71 bits per heavy atom. The second kappa shape index (κ2) is 6.05. The highest BCUT2D eigenvalue weighted by Crippen LogP contribution is 2.43. The number of fused-ring (bicyclic) bond motifs is 1. The summed E-state index contributed by atoms with van der Waals surface area (Å²) in [6, 6.07) is 4.13. The van der Waals surface area contributed by atoms with Gasteiger partial charge in [-0.15, -0.1) is 10.2 Å². The summed E-state index contributed by atoms with van der Waals surface area (Å²) >= 11 is 12.8. The minimum Gasteiger partial charge on any atom is -0.875 e. The maximum atomic E-state index is 12.5. The average molecular weight is 404 g/mol. The van der Waals surface area contributed by atoms with Gasteiger partial charge in [0.15, 0.2) is 0 Å². The minimum atomic E-state index is -4.07. The summed E-state index contributed by atoms with van der Waals surface area (Å²) in [4.78, 5) is 4.54. The second-order valence-electron chi connectivity index (χ2n) is 6.35. The number of amidine groups is 1. The van der Waals surface area contributed by atoms with Gasteiger partial charge in [0.05, 0.1) is 10.7 Å². The largest absolute Gasteiger partial charge is 0.875 e. The highest BCUT2D eigenvalue weighted by Gasteiger charge is 2.33. The van der Waals surface area contributed by atoms with Crippen molar-refractivity contribution in [2.75, 3.05) is 0 Å². The average Bonchev–Trinajstić information content (AvgIpc) is 2.81. The van der Waals surface area contributed by atoms with Crippen molar-refractivity contribution in [2.24, 2.45) is 14.8 Å². The van der Waals surface area contributed by atoms with Crippen molar-refractivity contribution < 1.29 is 13.5 Å². The molecule has 24 heavy (non-hydrogen) atoms. The molecule has 0 aromatic heterocycles. The molecule has 1 heterocycles. The number of nitrogens with zero attached hydrogens (tertiary/aromatic N) is 2. The summed E-state index contributed by atoms with van der Waals surface area (Å²) in [5.74, 6) is -0.0293. The first-order valence-corrected chi connectivity index (χ1v) is 10.0. The van der Waals surface area contributed by atoms with Crippen molar-refractivity contribution in [1.29, 1.82) is 0 Å². The SMILES string of the molecule is CC1(C)CC2=NC(=NS(=O)(=O)c3cc(Cl)ccc3Cl)SC2=C([O-])C1. The quantitative estimate of drug-likeness (QED) is 0.754. The van der Waals surface area contributed by atoms with Crippen LogP contribution in [0.2, 0.25) is 10.0 Å². The zero-order valence-corrected chi connectivity index (χ0v) is 16.0. The van der Waals surface area contributed by atoms with Gasteiger partial charge in [-0.3, -0.25) is 0 Å². The van der Waals surface area contributed by atoms with Gasteiger partial charge in [-0.2, -0.15) is 8.42 Å². The van der Waals surface area contributed by atoms with Gasteiger partial charge in [-0.05, 0) is 48.2 Å². The Labute approximate surface area is 154 Å². The number of halogens is 2. The number of rotatable bonds is 2. The lowest BCUT2D eigenvalue weighted by molar-refractivity contribution is -0.310. The summed E-state index contributed by atoms with van der Waals surface area (Å²) < 4.78 is 28.7. The monoisotopic (exact) mass is 403 g/mol. The van der Waals surface area contributed by atoms with E-state index in [-0.39, 0.29) is 31.3 Å². The van der Waals surface area contributed by atoms with E-state index in [1.54, 1.807) is 0 Å². The standard InChI is InChI=1S/C15H14Cl2N2O3S2/c1-15(2)6-10-13(11(20)7-15)23-14(18-10)19-24(21,22)12-5-8(16)3-4-9(12)17/h3-5,20H,6-7H2,1-2H3/p-1. The Bertz CT molecular complexity index is 919. The summed E-state index contributed by atoms with van der Waals surface area (Å²) in [5.41, 5.74) is 0.414. The molecule has 0 unspecified atom stereocenters. The summed E-state index contributed by atoms with van der Waals surface area (Å²) in [6.07, 6.45) is 1.02. The molecule has 0 saturated carbocycles. The molecule has 1 aromatic carbocycles. The van der Waals surface area contributed by atoms with Crippen molar-refractivity contribution >= 4 is 55.9 Å².